The molecule has 5 nitrogen and oxygen atoms in total. The molecular weight excluding hydrogens is 281 g/mol. The molecule has 2 rings (SSSR count). The average Bonchev–Trinajstić information content (AvgIpc) is 2.86. The van der Waals surface area contributed by atoms with Gasteiger partial charge in [-0.25, -0.2) is 9.37 Å². The maximum Gasteiger partial charge on any atom is 0.274 e. The van der Waals surface area contributed by atoms with Crippen molar-refractivity contribution in [2.45, 2.75) is 26.3 Å². The molecule has 20 heavy (non-hydrogen) atoms. The van der Waals surface area contributed by atoms with E-state index in [0.717, 1.165) is 17.5 Å². The van der Waals surface area contributed by atoms with Gasteiger partial charge in [0.15, 0.2) is 0 Å². The van der Waals surface area contributed by atoms with E-state index in [-0.39, 0.29) is 11.7 Å². The van der Waals surface area contributed by atoms with Gasteiger partial charge in [-0.15, -0.1) is 11.3 Å². The van der Waals surface area contributed by atoms with Crippen LogP contribution in [-0.4, -0.2) is 9.91 Å². The highest BCUT2D eigenvalue weighted by molar-refractivity contribution is 7.11. The highest BCUT2D eigenvalue weighted by Crippen LogP contribution is 2.26. The summed E-state index contributed by atoms with van der Waals surface area (Å²) in [5, 5.41) is 14.6. The first-order valence-corrected chi connectivity index (χ1v) is 6.97. The Balaban J connectivity index is 2.18. The monoisotopic (exact) mass is 295 g/mol. The minimum Gasteiger partial charge on any atom is -0.376 e. The van der Waals surface area contributed by atoms with Crippen molar-refractivity contribution in [3.05, 3.63) is 50.2 Å². The highest BCUT2D eigenvalue weighted by Gasteiger charge is 2.14. The van der Waals surface area contributed by atoms with Crippen molar-refractivity contribution in [2.75, 3.05) is 5.32 Å². The van der Waals surface area contributed by atoms with Gasteiger partial charge in [0.2, 0.25) is 0 Å². The van der Waals surface area contributed by atoms with E-state index in [9.17, 15) is 14.5 Å². The molecule has 0 saturated heterocycles. The number of non-ortho nitro benzene ring substituents is 1. The zero-order valence-corrected chi connectivity index (χ0v) is 11.9. The van der Waals surface area contributed by atoms with Crippen LogP contribution >= 0.6 is 11.3 Å². The zero-order valence-electron chi connectivity index (χ0n) is 11.1. The largest absolute Gasteiger partial charge is 0.376 e. The number of hydrogen-bond donors (Lipinski definition) is 1. The number of rotatable bonds is 5. The normalized spacial score (nSPS) is 12.2. The molecule has 0 aliphatic rings. The molecule has 2 aromatic rings. The van der Waals surface area contributed by atoms with E-state index >= 15 is 0 Å². The van der Waals surface area contributed by atoms with Gasteiger partial charge in [-0.1, -0.05) is 6.92 Å². The number of anilines is 1. The molecule has 1 aromatic carbocycles. The molecule has 0 radical (unpaired) electrons. The van der Waals surface area contributed by atoms with Crippen LogP contribution in [0.5, 0.6) is 0 Å². The predicted molar refractivity (Wildman–Crippen MR) is 76.6 cm³/mol. The molecule has 0 aliphatic heterocycles. The van der Waals surface area contributed by atoms with Gasteiger partial charge in [0.25, 0.3) is 5.69 Å². The van der Waals surface area contributed by atoms with E-state index in [4.69, 9.17) is 0 Å². The van der Waals surface area contributed by atoms with Gasteiger partial charge in [-0.2, -0.15) is 0 Å². The van der Waals surface area contributed by atoms with Crippen LogP contribution in [0.15, 0.2) is 24.4 Å². The number of nitro groups is 1. The number of nitrogens with zero attached hydrogens (tertiary/aromatic N) is 2. The average molecular weight is 295 g/mol. The third-order valence-corrected chi connectivity index (χ3v) is 4.09. The van der Waals surface area contributed by atoms with Gasteiger partial charge in [0.05, 0.1) is 17.0 Å². The number of hydrogen-bond acceptors (Lipinski definition) is 5. The zero-order chi connectivity index (χ0) is 14.7. The Morgan fingerprint density at radius 3 is 2.85 bits per heavy atom. The van der Waals surface area contributed by atoms with Crippen molar-refractivity contribution in [1.29, 1.82) is 0 Å². The number of aromatic nitrogens is 1. The molecule has 0 bridgehead atoms. The summed E-state index contributed by atoms with van der Waals surface area (Å²) in [6.07, 6.45) is 2.72. The first kappa shape index (κ1) is 14.4. The summed E-state index contributed by atoms with van der Waals surface area (Å²) < 4.78 is 13.3. The molecule has 1 N–H and O–H groups in total. The van der Waals surface area contributed by atoms with Gasteiger partial charge in [-0.05, 0) is 19.4 Å². The van der Waals surface area contributed by atoms with E-state index < -0.39 is 10.7 Å². The minimum absolute atomic E-state index is 0.137. The van der Waals surface area contributed by atoms with Gasteiger partial charge in [0, 0.05) is 22.8 Å². The van der Waals surface area contributed by atoms with E-state index in [2.05, 4.69) is 10.3 Å². The first-order valence-electron chi connectivity index (χ1n) is 6.15. The van der Waals surface area contributed by atoms with E-state index in [0.29, 0.717) is 5.69 Å². The summed E-state index contributed by atoms with van der Waals surface area (Å²) >= 11 is 1.57. The van der Waals surface area contributed by atoms with Crippen LogP contribution in [0.3, 0.4) is 0 Å². The second-order valence-corrected chi connectivity index (χ2v) is 5.49. The Morgan fingerprint density at radius 2 is 2.25 bits per heavy atom. The van der Waals surface area contributed by atoms with Crippen molar-refractivity contribution < 1.29 is 9.31 Å². The molecule has 0 amide bonds. The molecule has 106 valence electrons. The Bertz CT molecular complexity index is 630. The molecule has 1 aromatic heterocycles. The van der Waals surface area contributed by atoms with E-state index in [1.807, 2.05) is 20.0 Å². The van der Waals surface area contributed by atoms with Crippen molar-refractivity contribution in [3.63, 3.8) is 0 Å². The van der Waals surface area contributed by atoms with Crippen LogP contribution in [0.25, 0.3) is 0 Å². The molecule has 0 aliphatic carbocycles. The molecule has 0 saturated carbocycles. The molecule has 0 fully saturated rings. The molecule has 1 heterocycles. The van der Waals surface area contributed by atoms with Crippen LogP contribution in [0.2, 0.25) is 0 Å². The van der Waals surface area contributed by atoms with Crippen LogP contribution < -0.4 is 5.32 Å². The molecule has 0 spiro atoms. The third kappa shape index (κ3) is 3.30. The van der Waals surface area contributed by atoms with Gasteiger partial charge in [0.1, 0.15) is 10.8 Å². The van der Waals surface area contributed by atoms with Crippen LogP contribution in [0, 0.1) is 15.9 Å². The Kier molecular flexibility index (Phi) is 4.29. The summed E-state index contributed by atoms with van der Waals surface area (Å²) in [6, 6.07) is 3.31. The second-order valence-electron chi connectivity index (χ2n) is 4.34. The number of halogens is 1. The summed E-state index contributed by atoms with van der Waals surface area (Å²) in [4.78, 5) is 15.5. The fraction of sp³-hybridized carbons (Fsp3) is 0.308. The van der Waals surface area contributed by atoms with Gasteiger partial charge >= 0.3 is 0 Å². The maximum absolute atomic E-state index is 13.3. The Labute approximate surface area is 119 Å². The molecule has 1 unspecified atom stereocenters. The van der Waals surface area contributed by atoms with Crippen molar-refractivity contribution in [1.82, 2.24) is 4.98 Å². The second kappa shape index (κ2) is 5.96. The summed E-state index contributed by atoms with van der Waals surface area (Å²) in [6.45, 7) is 3.93. The first-order chi connectivity index (χ1) is 9.49. The smallest absolute Gasteiger partial charge is 0.274 e. The maximum atomic E-state index is 13.3. The van der Waals surface area contributed by atoms with Gasteiger partial charge < -0.3 is 5.32 Å². The number of nitro benzene ring substituents is 1. The molecular formula is C13H14FN3O2S. The highest BCUT2D eigenvalue weighted by atomic mass is 32.1. The number of nitrogens with one attached hydrogen (secondary N) is 1. The number of thiazole rings is 1. The molecule has 7 heteroatoms. The van der Waals surface area contributed by atoms with Crippen LogP contribution in [0.1, 0.15) is 29.8 Å². The van der Waals surface area contributed by atoms with Crippen molar-refractivity contribution in [2.24, 2.45) is 0 Å². The Morgan fingerprint density at radius 1 is 1.50 bits per heavy atom. The number of benzene rings is 1. The number of aryl methyl sites for hydroxylation is 1. The van der Waals surface area contributed by atoms with Crippen molar-refractivity contribution >= 4 is 22.7 Å². The quantitative estimate of drug-likeness (QED) is 0.670. The summed E-state index contributed by atoms with van der Waals surface area (Å²) in [7, 11) is 0. The van der Waals surface area contributed by atoms with Gasteiger partial charge in [-0.3, -0.25) is 10.1 Å². The lowest BCUT2D eigenvalue weighted by atomic mass is 10.2. The summed E-state index contributed by atoms with van der Waals surface area (Å²) in [5.74, 6) is -0.637. The minimum atomic E-state index is -0.637. The van der Waals surface area contributed by atoms with E-state index in [1.54, 1.807) is 11.3 Å². The predicted octanol–water partition coefficient (Wildman–Crippen LogP) is 3.93. The summed E-state index contributed by atoms with van der Waals surface area (Å²) in [5.41, 5.74) is 0.102. The Hall–Kier alpha value is -2.02. The lowest BCUT2D eigenvalue weighted by Crippen LogP contribution is -2.06. The van der Waals surface area contributed by atoms with Crippen LogP contribution in [-0.2, 0) is 6.42 Å². The fourth-order valence-electron chi connectivity index (χ4n) is 1.76. The lowest BCUT2D eigenvalue weighted by Gasteiger charge is -2.12. The fourth-order valence-corrected chi connectivity index (χ4v) is 2.62. The van der Waals surface area contributed by atoms with Crippen LogP contribution in [0.4, 0.5) is 15.8 Å². The van der Waals surface area contributed by atoms with E-state index in [1.165, 1.54) is 17.0 Å². The molecule has 1 atom stereocenters. The lowest BCUT2D eigenvalue weighted by molar-refractivity contribution is -0.385. The third-order valence-electron chi connectivity index (χ3n) is 2.77. The SMILES string of the molecule is CCc1cnc(C(C)Nc2cc(F)cc([N+](=O)[O-])c2)s1. The topological polar surface area (TPSA) is 68.1 Å². The standard InChI is InChI=1S/C13H14FN3O2S/c1-3-12-7-15-13(20-12)8(2)16-10-4-9(14)5-11(6-10)17(18)19/h4-8,16H,3H2,1-2H3. The van der Waals surface area contributed by atoms with Crippen molar-refractivity contribution in [3.8, 4) is 0 Å².